The predicted octanol–water partition coefficient (Wildman–Crippen LogP) is 3.89. The zero-order valence-electron chi connectivity index (χ0n) is 12.0. The Bertz CT molecular complexity index is 682. The van der Waals surface area contributed by atoms with Gasteiger partial charge >= 0.3 is 0 Å². The van der Waals surface area contributed by atoms with Gasteiger partial charge in [0.25, 0.3) is 0 Å². The van der Waals surface area contributed by atoms with Crippen molar-refractivity contribution in [2.75, 3.05) is 5.73 Å². The fraction of sp³-hybridized carbons (Fsp3) is 0.333. The first kappa shape index (κ1) is 16.0. The minimum atomic E-state index is -0.0397. The van der Waals surface area contributed by atoms with Crippen molar-refractivity contribution in [1.29, 1.82) is 0 Å². The van der Waals surface area contributed by atoms with E-state index in [0.29, 0.717) is 16.3 Å². The maximum Gasteiger partial charge on any atom is 0.170 e. The smallest absolute Gasteiger partial charge is 0.170 e. The average molecular weight is 371 g/mol. The van der Waals surface area contributed by atoms with E-state index in [1.807, 2.05) is 18.5 Å². The van der Waals surface area contributed by atoms with Gasteiger partial charge in [0.15, 0.2) is 5.78 Å². The monoisotopic (exact) mass is 369 g/mol. The van der Waals surface area contributed by atoms with Crippen molar-refractivity contribution in [3.05, 3.63) is 44.6 Å². The Balaban J connectivity index is 2.33. The normalized spacial score (nSPS) is 10.9. The van der Waals surface area contributed by atoms with Crippen molar-refractivity contribution < 1.29 is 4.79 Å². The Labute approximate surface area is 137 Å². The number of hydrogen-bond donors (Lipinski definition) is 1. The zero-order chi connectivity index (χ0) is 15.6. The van der Waals surface area contributed by atoms with Gasteiger partial charge in [-0.3, -0.25) is 9.48 Å². The van der Waals surface area contributed by atoms with E-state index >= 15 is 0 Å². The number of anilines is 1. The first-order chi connectivity index (χ1) is 9.97. The number of aryl methyl sites for hydroxylation is 2. The van der Waals surface area contributed by atoms with Crippen LogP contribution < -0.4 is 5.73 Å². The summed E-state index contributed by atoms with van der Waals surface area (Å²) in [5.41, 5.74) is 8.62. The lowest BCUT2D eigenvalue weighted by Gasteiger charge is -2.07. The number of ketones is 1. The van der Waals surface area contributed by atoms with Crippen LogP contribution in [0.3, 0.4) is 0 Å². The summed E-state index contributed by atoms with van der Waals surface area (Å²) in [5.74, 6) is -0.0397. The Morgan fingerprint density at radius 1 is 1.43 bits per heavy atom. The Hall–Kier alpha value is -1.33. The van der Waals surface area contributed by atoms with Crippen molar-refractivity contribution in [3.63, 3.8) is 0 Å². The van der Waals surface area contributed by atoms with Gasteiger partial charge in [-0.2, -0.15) is 5.10 Å². The van der Waals surface area contributed by atoms with Gasteiger partial charge in [0, 0.05) is 22.8 Å². The number of carbonyl (C=O) groups excluding carboxylic acids is 1. The molecule has 6 heteroatoms. The number of hydrogen-bond acceptors (Lipinski definition) is 3. The summed E-state index contributed by atoms with van der Waals surface area (Å²) in [5, 5.41) is 5.02. The molecule has 21 heavy (non-hydrogen) atoms. The molecule has 1 heterocycles. The number of nitrogens with two attached hydrogens (primary N) is 1. The van der Waals surface area contributed by atoms with Gasteiger partial charge < -0.3 is 5.73 Å². The average Bonchev–Trinajstić information content (AvgIpc) is 2.75. The second-order valence-corrected chi connectivity index (χ2v) is 5.94. The van der Waals surface area contributed by atoms with Crippen molar-refractivity contribution in [1.82, 2.24) is 9.78 Å². The number of benzene rings is 1. The third-order valence-electron chi connectivity index (χ3n) is 3.34. The highest BCUT2D eigenvalue weighted by molar-refractivity contribution is 9.10. The van der Waals surface area contributed by atoms with E-state index in [9.17, 15) is 4.79 Å². The van der Waals surface area contributed by atoms with E-state index in [1.165, 1.54) is 0 Å². The lowest BCUT2D eigenvalue weighted by Crippen LogP contribution is -2.11. The van der Waals surface area contributed by atoms with Crippen molar-refractivity contribution in [2.45, 2.75) is 33.2 Å². The molecule has 2 rings (SSSR count). The standard InChI is InChI=1S/C15H17BrClN3O/c1-3-12-15(16)13(20(4-2)19-12)8-14(21)10-6-5-9(17)7-11(10)18/h5-7H,3-4,8,18H2,1-2H3. The molecular weight excluding hydrogens is 354 g/mol. The quantitative estimate of drug-likeness (QED) is 0.641. The molecule has 0 aliphatic rings. The topological polar surface area (TPSA) is 60.9 Å². The number of halogens is 2. The zero-order valence-corrected chi connectivity index (χ0v) is 14.3. The lowest BCUT2D eigenvalue weighted by molar-refractivity contribution is 0.0991. The largest absolute Gasteiger partial charge is 0.398 e. The maximum absolute atomic E-state index is 12.5. The van der Waals surface area contributed by atoms with Crippen molar-refractivity contribution in [3.8, 4) is 0 Å². The highest BCUT2D eigenvalue weighted by Crippen LogP contribution is 2.25. The third-order valence-corrected chi connectivity index (χ3v) is 4.49. The Morgan fingerprint density at radius 3 is 2.71 bits per heavy atom. The molecule has 0 saturated heterocycles. The molecule has 0 bridgehead atoms. The number of aromatic nitrogens is 2. The van der Waals surface area contributed by atoms with E-state index in [2.05, 4.69) is 21.0 Å². The number of nitrogen functional groups attached to an aromatic ring is 1. The van der Waals surface area contributed by atoms with Gasteiger partial charge in [0.2, 0.25) is 0 Å². The van der Waals surface area contributed by atoms with Crippen LogP contribution in [0.15, 0.2) is 22.7 Å². The molecule has 0 aliphatic heterocycles. The molecule has 0 atom stereocenters. The van der Waals surface area contributed by atoms with Crippen LogP contribution in [0.25, 0.3) is 0 Å². The second kappa shape index (κ2) is 6.62. The molecule has 0 amide bonds. The second-order valence-electron chi connectivity index (χ2n) is 4.71. The summed E-state index contributed by atoms with van der Waals surface area (Å²) < 4.78 is 2.76. The Morgan fingerprint density at radius 2 is 2.14 bits per heavy atom. The summed E-state index contributed by atoms with van der Waals surface area (Å²) in [7, 11) is 0. The molecule has 1 aromatic carbocycles. The highest BCUT2D eigenvalue weighted by atomic mass is 79.9. The van der Waals surface area contributed by atoms with Crippen molar-refractivity contribution in [2.24, 2.45) is 0 Å². The summed E-state index contributed by atoms with van der Waals surface area (Å²) in [4.78, 5) is 12.5. The van der Waals surface area contributed by atoms with E-state index < -0.39 is 0 Å². The van der Waals surface area contributed by atoms with Crippen LogP contribution in [-0.2, 0) is 19.4 Å². The molecule has 2 aromatic rings. The van der Waals surface area contributed by atoms with E-state index in [4.69, 9.17) is 17.3 Å². The van der Waals surface area contributed by atoms with E-state index in [-0.39, 0.29) is 12.2 Å². The fourth-order valence-corrected chi connectivity index (χ4v) is 3.11. The summed E-state index contributed by atoms with van der Waals surface area (Å²) in [6.45, 7) is 4.76. The molecule has 0 saturated carbocycles. The van der Waals surface area contributed by atoms with Crippen LogP contribution in [-0.4, -0.2) is 15.6 Å². The van der Waals surface area contributed by atoms with Gasteiger partial charge in [-0.15, -0.1) is 0 Å². The minimum absolute atomic E-state index is 0.0397. The number of carbonyl (C=O) groups is 1. The number of nitrogens with zero attached hydrogens (tertiary/aromatic N) is 2. The molecule has 0 spiro atoms. The van der Waals surface area contributed by atoms with Gasteiger partial charge in [0.05, 0.1) is 22.3 Å². The molecule has 2 N–H and O–H groups in total. The molecule has 0 aliphatic carbocycles. The van der Waals surface area contributed by atoms with Crippen LogP contribution in [0.1, 0.15) is 35.6 Å². The molecule has 0 radical (unpaired) electrons. The summed E-state index contributed by atoms with van der Waals surface area (Å²) >= 11 is 9.41. The maximum atomic E-state index is 12.5. The molecule has 0 fully saturated rings. The molecular formula is C15H17BrClN3O. The van der Waals surface area contributed by atoms with Crippen LogP contribution in [0.5, 0.6) is 0 Å². The summed E-state index contributed by atoms with van der Waals surface area (Å²) in [6.07, 6.45) is 1.07. The van der Waals surface area contributed by atoms with E-state index in [0.717, 1.165) is 28.8 Å². The van der Waals surface area contributed by atoms with Crippen LogP contribution in [0.2, 0.25) is 5.02 Å². The molecule has 4 nitrogen and oxygen atoms in total. The fourth-order valence-electron chi connectivity index (χ4n) is 2.22. The van der Waals surface area contributed by atoms with E-state index in [1.54, 1.807) is 18.2 Å². The molecule has 1 aromatic heterocycles. The van der Waals surface area contributed by atoms with Crippen LogP contribution in [0, 0.1) is 0 Å². The predicted molar refractivity (Wildman–Crippen MR) is 88.9 cm³/mol. The van der Waals surface area contributed by atoms with Crippen molar-refractivity contribution >= 4 is 39.0 Å². The van der Waals surface area contributed by atoms with Crippen LogP contribution in [0.4, 0.5) is 5.69 Å². The first-order valence-electron chi connectivity index (χ1n) is 6.80. The van der Waals surface area contributed by atoms with Gasteiger partial charge in [-0.1, -0.05) is 18.5 Å². The summed E-state index contributed by atoms with van der Waals surface area (Å²) in [6, 6.07) is 4.94. The minimum Gasteiger partial charge on any atom is -0.398 e. The third kappa shape index (κ3) is 3.30. The van der Waals surface area contributed by atoms with Gasteiger partial charge in [-0.05, 0) is 47.5 Å². The number of Topliss-reactive ketones (excluding diaryl/α,β-unsaturated/α-hetero) is 1. The molecule has 112 valence electrons. The van der Waals surface area contributed by atoms with Gasteiger partial charge in [-0.25, -0.2) is 0 Å². The van der Waals surface area contributed by atoms with Crippen LogP contribution >= 0.6 is 27.5 Å². The first-order valence-corrected chi connectivity index (χ1v) is 7.97. The molecule has 0 unspecified atom stereocenters. The number of rotatable bonds is 5. The highest BCUT2D eigenvalue weighted by Gasteiger charge is 2.19. The SMILES string of the molecule is CCc1nn(CC)c(CC(=O)c2ccc(Cl)cc2N)c1Br. The lowest BCUT2D eigenvalue weighted by atomic mass is 10.0. The van der Waals surface area contributed by atoms with Gasteiger partial charge in [0.1, 0.15) is 0 Å². The Kier molecular flexibility index (Phi) is 5.06.